The van der Waals surface area contributed by atoms with Crippen molar-refractivity contribution in [3.63, 3.8) is 0 Å². The molecule has 1 amide bonds. The first-order chi connectivity index (χ1) is 19.1. The summed E-state index contributed by atoms with van der Waals surface area (Å²) in [6.45, 7) is 8.71. The summed E-state index contributed by atoms with van der Waals surface area (Å²) in [5.41, 5.74) is -0.832. The van der Waals surface area contributed by atoms with E-state index in [-0.39, 0.29) is 23.7 Å². The highest BCUT2D eigenvalue weighted by atomic mass is 35.5. The van der Waals surface area contributed by atoms with Gasteiger partial charge in [-0.2, -0.15) is 9.97 Å². The largest absolute Gasteiger partial charge is 0.461 e. The van der Waals surface area contributed by atoms with E-state index in [9.17, 15) is 9.18 Å². The monoisotopic (exact) mass is 588 g/mol. The fraction of sp³-hybridized carbons (Fsp3) is 0.643. The number of nitrogens with zero attached hydrogens (tertiary/aromatic N) is 6. The van der Waals surface area contributed by atoms with Crippen LogP contribution in [0, 0.1) is 0 Å². The molecule has 7 heterocycles. The first-order valence-electron chi connectivity index (χ1n) is 14.1. The van der Waals surface area contributed by atoms with Crippen LogP contribution in [-0.2, 0) is 4.74 Å². The molecule has 3 aromatic rings. The average molecular weight is 589 g/mol. The van der Waals surface area contributed by atoms with E-state index in [0.717, 1.165) is 58.3 Å². The molecule has 0 aliphatic carbocycles. The average Bonchev–Trinajstić information content (AvgIpc) is 3.60. The third-order valence-corrected chi connectivity index (χ3v) is 10.3. The Bertz CT molecular complexity index is 1470. The zero-order valence-electron chi connectivity index (χ0n) is 23.0. The fourth-order valence-electron chi connectivity index (χ4n) is 7.16. The number of carbonyl (C=O) groups excluding carboxylic acids is 1. The number of anilines is 1. The number of fused-ring (bicyclic) bond motifs is 6. The molecule has 7 rings (SSSR count). The lowest BCUT2D eigenvalue weighted by molar-refractivity contribution is 0.0122. The lowest BCUT2D eigenvalue weighted by Crippen LogP contribution is -2.57. The summed E-state index contributed by atoms with van der Waals surface area (Å²) in [4.78, 5) is 34.3. The van der Waals surface area contributed by atoms with Crippen LogP contribution in [0.2, 0.25) is 5.15 Å². The molecule has 4 aliphatic heterocycles. The van der Waals surface area contributed by atoms with E-state index in [2.05, 4.69) is 14.8 Å². The van der Waals surface area contributed by atoms with Gasteiger partial charge in [-0.05, 0) is 59.1 Å². The van der Waals surface area contributed by atoms with Gasteiger partial charge in [0, 0.05) is 37.6 Å². The molecule has 9 nitrogen and oxygen atoms in total. The van der Waals surface area contributed by atoms with Gasteiger partial charge in [-0.3, -0.25) is 9.80 Å². The highest BCUT2D eigenvalue weighted by Gasteiger charge is 2.50. The van der Waals surface area contributed by atoms with Crippen molar-refractivity contribution >= 4 is 55.2 Å². The van der Waals surface area contributed by atoms with Crippen molar-refractivity contribution in [1.82, 2.24) is 24.8 Å². The molecule has 4 saturated heterocycles. The summed E-state index contributed by atoms with van der Waals surface area (Å²) < 4.78 is 27.3. The second kappa shape index (κ2) is 9.52. The molecule has 12 heteroatoms. The molecule has 0 saturated carbocycles. The Balaban J connectivity index is 1.23. The van der Waals surface area contributed by atoms with E-state index in [1.165, 1.54) is 11.3 Å². The number of thiophene rings is 1. The second-order valence-corrected chi connectivity index (χ2v) is 14.0. The molecule has 0 radical (unpaired) electrons. The zero-order valence-corrected chi connectivity index (χ0v) is 24.6. The van der Waals surface area contributed by atoms with E-state index in [1.54, 1.807) is 6.20 Å². The van der Waals surface area contributed by atoms with Crippen LogP contribution in [0.15, 0.2) is 12.3 Å². The molecular weight excluding hydrogens is 555 g/mol. The number of pyridine rings is 1. The Hall–Kier alpha value is -2.50. The standard InChI is InChI=1S/C28H34ClFN6O3S/c1-27(2,3)39-26(37)36-17-5-6-18(36)14-34(13-17)23-20-19-7-9-31-22(29)21(19)40-24(20)33-25(32-23)38-15-28-8-4-10-35(28)12-16(30)11-28/h7,9,16-18H,4-6,8,10-15H2,1-3H3/t16-,17-,18+,28+/m1/s1. The van der Waals surface area contributed by atoms with Gasteiger partial charge in [0.1, 0.15) is 34.2 Å². The van der Waals surface area contributed by atoms with Gasteiger partial charge in [-0.25, -0.2) is 14.2 Å². The maximum Gasteiger partial charge on any atom is 0.410 e. The van der Waals surface area contributed by atoms with Crippen LogP contribution >= 0.6 is 22.9 Å². The number of alkyl halides is 1. The first-order valence-corrected chi connectivity index (χ1v) is 15.3. The number of amides is 1. The highest BCUT2D eigenvalue weighted by molar-refractivity contribution is 7.26. The third-order valence-electron chi connectivity index (χ3n) is 8.78. The van der Waals surface area contributed by atoms with E-state index >= 15 is 0 Å². The van der Waals surface area contributed by atoms with Gasteiger partial charge in [-0.15, -0.1) is 11.3 Å². The third kappa shape index (κ3) is 4.44. The molecule has 0 unspecified atom stereocenters. The normalized spacial score (nSPS) is 28.6. The van der Waals surface area contributed by atoms with Gasteiger partial charge in [0.05, 0.1) is 27.7 Å². The highest BCUT2D eigenvalue weighted by Crippen LogP contribution is 2.44. The minimum Gasteiger partial charge on any atom is -0.461 e. The fourth-order valence-corrected chi connectivity index (χ4v) is 8.47. The number of carbonyl (C=O) groups is 1. The van der Waals surface area contributed by atoms with Gasteiger partial charge in [0.15, 0.2) is 0 Å². The molecule has 4 fully saturated rings. The smallest absolute Gasteiger partial charge is 0.410 e. The summed E-state index contributed by atoms with van der Waals surface area (Å²) in [5, 5.41) is 2.32. The van der Waals surface area contributed by atoms with Crippen LogP contribution in [-0.4, -0.2) is 93.0 Å². The van der Waals surface area contributed by atoms with Crippen molar-refractivity contribution in [3.05, 3.63) is 17.4 Å². The van der Waals surface area contributed by atoms with Gasteiger partial charge in [-0.1, -0.05) is 11.6 Å². The molecule has 0 aromatic carbocycles. The second-order valence-electron chi connectivity index (χ2n) is 12.6. The van der Waals surface area contributed by atoms with Crippen LogP contribution in [0.4, 0.5) is 15.0 Å². The van der Waals surface area contributed by atoms with Crippen molar-refractivity contribution in [2.45, 2.75) is 82.3 Å². The Morgan fingerprint density at radius 3 is 2.75 bits per heavy atom. The summed E-state index contributed by atoms with van der Waals surface area (Å²) in [7, 11) is 0. The minimum atomic E-state index is -0.822. The lowest BCUT2D eigenvalue weighted by atomic mass is 9.95. The zero-order chi connectivity index (χ0) is 27.8. The predicted molar refractivity (Wildman–Crippen MR) is 153 cm³/mol. The number of hydrogen-bond donors (Lipinski definition) is 0. The molecule has 0 spiro atoms. The molecule has 2 bridgehead atoms. The van der Waals surface area contributed by atoms with Gasteiger partial charge in [0.25, 0.3) is 0 Å². The number of piperazine rings is 1. The maximum atomic E-state index is 14.4. The van der Waals surface area contributed by atoms with Crippen LogP contribution in [0.1, 0.15) is 52.9 Å². The number of aromatic nitrogens is 3. The Labute approximate surface area is 241 Å². The quantitative estimate of drug-likeness (QED) is 0.373. The molecule has 0 N–H and O–H groups in total. The van der Waals surface area contributed by atoms with E-state index in [0.29, 0.717) is 43.8 Å². The Morgan fingerprint density at radius 2 is 2.00 bits per heavy atom. The predicted octanol–water partition coefficient (Wildman–Crippen LogP) is 5.44. The molecule has 4 atom stereocenters. The van der Waals surface area contributed by atoms with E-state index < -0.39 is 11.8 Å². The van der Waals surface area contributed by atoms with Gasteiger partial charge < -0.3 is 14.4 Å². The molecule has 4 aliphatic rings. The van der Waals surface area contributed by atoms with Crippen molar-refractivity contribution in [1.29, 1.82) is 0 Å². The Kier molecular flexibility index (Phi) is 6.29. The summed E-state index contributed by atoms with van der Waals surface area (Å²) >= 11 is 7.98. The summed E-state index contributed by atoms with van der Waals surface area (Å²) in [6, 6.07) is 2.31. The van der Waals surface area contributed by atoms with Gasteiger partial charge in [0.2, 0.25) is 0 Å². The molecular formula is C28H34ClFN6O3S. The van der Waals surface area contributed by atoms with E-state index in [4.69, 9.17) is 31.0 Å². The minimum absolute atomic E-state index is 0.0315. The van der Waals surface area contributed by atoms with Crippen LogP contribution in [0.5, 0.6) is 6.01 Å². The topological polar surface area (TPSA) is 83.9 Å². The van der Waals surface area contributed by atoms with Crippen molar-refractivity contribution in [2.24, 2.45) is 0 Å². The Morgan fingerprint density at radius 1 is 1.23 bits per heavy atom. The lowest BCUT2D eigenvalue weighted by Gasteiger charge is -2.42. The summed E-state index contributed by atoms with van der Waals surface area (Å²) in [6.07, 6.45) is 4.92. The first kappa shape index (κ1) is 26.4. The van der Waals surface area contributed by atoms with Crippen LogP contribution < -0.4 is 9.64 Å². The molecule has 3 aromatic heterocycles. The SMILES string of the molecule is CC(C)(C)OC(=O)N1[C@@H]2CC[C@H]1CN(c1nc(OC[C@@]34CCCN3C[C@H](F)C4)nc3sc4c(Cl)nccc4c13)C2. The van der Waals surface area contributed by atoms with E-state index in [1.807, 2.05) is 31.7 Å². The number of ether oxygens (including phenoxy) is 2. The van der Waals surface area contributed by atoms with Crippen LogP contribution in [0.3, 0.4) is 0 Å². The van der Waals surface area contributed by atoms with Crippen molar-refractivity contribution in [3.8, 4) is 6.01 Å². The maximum absolute atomic E-state index is 14.4. The molecule has 214 valence electrons. The number of halogens is 2. The molecule has 40 heavy (non-hydrogen) atoms. The van der Waals surface area contributed by atoms with Crippen LogP contribution in [0.25, 0.3) is 20.3 Å². The summed E-state index contributed by atoms with van der Waals surface area (Å²) in [5.74, 6) is 0.782. The number of rotatable bonds is 4. The van der Waals surface area contributed by atoms with Crippen molar-refractivity contribution in [2.75, 3.05) is 37.7 Å². The number of hydrogen-bond acceptors (Lipinski definition) is 9. The van der Waals surface area contributed by atoms with Gasteiger partial charge >= 0.3 is 12.1 Å². The van der Waals surface area contributed by atoms with Crippen molar-refractivity contribution < 1.29 is 18.7 Å².